The predicted molar refractivity (Wildman–Crippen MR) is 64.5 cm³/mol. The fourth-order valence-electron chi connectivity index (χ4n) is 2.20. The van der Waals surface area contributed by atoms with Gasteiger partial charge >= 0.3 is 6.09 Å². The van der Waals surface area contributed by atoms with Crippen LogP contribution < -0.4 is 5.32 Å². The van der Waals surface area contributed by atoms with Gasteiger partial charge in [0.25, 0.3) is 0 Å². The minimum absolute atomic E-state index is 0.256. The molecule has 1 aliphatic rings. The number of amides is 1. The van der Waals surface area contributed by atoms with Crippen molar-refractivity contribution in [2.75, 3.05) is 26.2 Å². The Kier molecular flexibility index (Phi) is 5.60. The Balaban J connectivity index is 2.29. The molecule has 0 aliphatic carbocycles. The van der Waals surface area contributed by atoms with Crippen LogP contribution in [0.15, 0.2) is 0 Å². The number of ether oxygens (including phenoxy) is 1. The molecule has 4 heteroatoms. The lowest BCUT2D eigenvalue weighted by molar-refractivity contribution is 0.131. The van der Waals surface area contributed by atoms with Crippen molar-refractivity contribution in [3.63, 3.8) is 0 Å². The Morgan fingerprint density at radius 3 is 2.94 bits per heavy atom. The van der Waals surface area contributed by atoms with Crippen molar-refractivity contribution in [3.05, 3.63) is 0 Å². The first kappa shape index (κ1) is 13.3. The summed E-state index contributed by atoms with van der Waals surface area (Å²) < 4.78 is 4.89. The van der Waals surface area contributed by atoms with E-state index in [1.54, 1.807) is 0 Å². The van der Waals surface area contributed by atoms with Crippen molar-refractivity contribution in [2.24, 2.45) is 5.92 Å². The first-order valence-electron chi connectivity index (χ1n) is 6.27. The number of rotatable bonds is 4. The van der Waals surface area contributed by atoms with Crippen LogP contribution in [0.4, 0.5) is 4.79 Å². The van der Waals surface area contributed by atoms with Crippen molar-refractivity contribution >= 4 is 6.09 Å². The van der Waals surface area contributed by atoms with E-state index in [1.165, 1.54) is 0 Å². The molecule has 0 saturated carbocycles. The summed E-state index contributed by atoms with van der Waals surface area (Å²) in [6.45, 7) is 9.93. The van der Waals surface area contributed by atoms with Crippen molar-refractivity contribution in [1.82, 2.24) is 10.2 Å². The number of alkyl carbamates (subject to hydrolysis) is 1. The minimum Gasteiger partial charge on any atom is -0.450 e. The molecule has 1 saturated heterocycles. The summed E-state index contributed by atoms with van der Waals surface area (Å²) in [7, 11) is 0. The second kappa shape index (κ2) is 6.74. The van der Waals surface area contributed by atoms with Crippen molar-refractivity contribution in [1.29, 1.82) is 0 Å². The summed E-state index contributed by atoms with van der Waals surface area (Å²) >= 11 is 0. The Labute approximate surface area is 98.3 Å². The van der Waals surface area contributed by atoms with Crippen molar-refractivity contribution in [3.8, 4) is 0 Å². The highest BCUT2D eigenvalue weighted by atomic mass is 16.5. The number of piperidine rings is 1. The molecule has 16 heavy (non-hydrogen) atoms. The van der Waals surface area contributed by atoms with Gasteiger partial charge in [-0.3, -0.25) is 0 Å². The molecule has 0 aromatic rings. The molecule has 1 fully saturated rings. The van der Waals surface area contributed by atoms with Crippen LogP contribution in [0.25, 0.3) is 0 Å². The summed E-state index contributed by atoms with van der Waals surface area (Å²) in [6, 6.07) is 0.256. The highest BCUT2D eigenvalue weighted by Gasteiger charge is 2.21. The van der Waals surface area contributed by atoms with Crippen LogP contribution in [0, 0.1) is 5.92 Å². The van der Waals surface area contributed by atoms with Crippen molar-refractivity contribution < 1.29 is 9.53 Å². The number of carbonyl (C=O) groups excluding carboxylic acids is 1. The first-order valence-corrected chi connectivity index (χ1v) is 6.27. The molecule has 0 bridgehead atoms. The number of hydrogen-bond donors (Lipinski definition) is 1. The predicted octanol–water partition coefficient (Wildman–Crippen LogP) is 1.85. The third-order valence-corrected chi connectivity index (χ3v) is 2.73. The van der Waals surface area contributed by atoms with E-state index >= 15 is 0 Å². The number of hydrogen-bond acceptors (Lipinski definition) is 3. The molecule has 1 rings (SSSR count). The number of nitrogens with one attached hydrogen (secondary N) is 1. The maximum atomic E-state index is 11.3. The second-order valence-corrected chi connectivity index (χ2v) is 4.86. The van der Waals surface area contributed by atoms with E-state index in [9.17, 15) is 4.79 Å². The molecule has 94 valence electrons. The second-order valence-electron chi connectivity index (χ2n) is 4.86. The molecule has 0 aromatic carbocycles. The summed E-state index contributed by atoms with van der Waals surface area (Å²) in [5.41, 5.74) is 0. The summed E-state index contributed by atoms with van der Waals surface area (Å²) in [6.07, 6.45) is 1.94. The summed E-state index contributed by atoms with van der Waals surface area (Å²) in [4.78, 5) is 13.7. The zero-order chi connectivity index (χ0) is 12.0. The smallest absolute Gasteiger partial charge is 0.407 e. The third kappa shape index (κ3) is 4.84. The van der Waals surface area contributed by atoms with E-state index in [4.69, 9.17) is 4.74 Å². The standard InChI is InChI=1S/C12H24N2O2/c1-4-16-12(15)13-11-6-5-7-14(9-11)8-10(2)3/h10-11H,4-9H2,1-3H3,(H,13,15)/t11-/m0/s1. The molecule has 0 aromatic heterocycles. The molecule has 0 unspecified atom stereocenters. The largest absolute Gasteiger partial charge is 0.450 e. The molecular weight excluding hydrogens is 204 g/mol. The summed E-state index contributed by atoms with van der Waals surface area (Å²) in [5.74, 6) is 0.682. The highest BCUT2D eigenvalue weighted by Crippen LogP contribution is 2.11. The maximum Gasteiger partial charge on any atom is 0.407 e. The van der Waals surface area contributed by atoms with Crippen LogP contribution in [0.2, 0.25) is 0 Å². The minimum atomic E-state index is -0.279. The number of carbonyl (C=O) groups is 1. The van der Waals surface area contributed by atoms with Gasteiger partial charge in [-0.25, -0.2) is 4.79 Å². The first-order chi connectivity index (χ1) is 7.61. The van der Waals surface area contributed by atoms with Gasteiger partial charge in [0.1, 0.15) is 0 Å². The van der Waals surface area contributed by atoms with E-state index in [0.29, 0.717) is 12.5 Å². The van der Waals surface area contributed by atoms with E-state index in [0.717, 1.165) is 32.5 Å². The van der Waals surface area contributed by atoms with Gasteiger partial charge in [-0.1, -0.05) is 13.8 Å². The molecule has 1 aliphatic heterocycles. The average Bonchev–Trinajstić information content (AvgIpc) is 2.17. The zero-order valence-electron chi connectivity index (χ0n) is 10.7. The SMILES string of the molecule is CCOC(=O)N[C@H]1CCCN(CC(C)C)C1. The molecule has 1 atom stereocenters. The van der Waals surface area contributed by atoms with E-state index in [1.807, 2.05) is 6.92 Å². The molecule has 4 nitrogen and oxygen atoms in total. The van der Waals surface area contributed by atoms with Crippen LogP contribution in [0.3, 0.4) is 0 Å². The fraction of sp³-hybridized carbons (Fsp3) is 0.917. The molecule has 1 amide bonds. The van der Waals surface area contributed by atoms with Gasteiger partial charge in [-0.2, -0.15) is 0 Å². The zero-order valence-corrected chi connectivity index (χ0v) is 10.7. The van der Waals surface area contributed by atoms with Gasteiger partial charge in [0.15, 0.2) is 0 Å². The Morgan fingerprint density at radius 1 is 1.56 bits per heavy atom. The van der Waals surface area contributed by atoms with Crippen LogP contribution in [-0.4, -0.2) is 43.3 Å². The maximum absolute atomic E-state index is 11.3. The van der Waals surface area contributed by atoms with Gasteiger partial charge in [0, 0.05) is 19.1 Å². The number of nitrogens with zero attached hydrogens (tertiary/aromatic N) is 1. The van der Waals surface area contributed by atoms with E-state index in [-0.39, 0.29) is 12.1 Å². The van der Waals surface area contributed by atoms with Crippen LogP contribution in [0.5, 0.6) is 0 Å². The Hall–Kier alpha value is -0.770. The van der Waals surface area contributed by atoms with Gasteiger partial charge in [0.2, 0.25) is 0 Å². The van der Waals surface area contributed by atoms with Gasteiger partial charge < -0.3 is 15.0 Å². The summed E-state index contributed by atoms with van der Waals surface area (Å²) in [5, 5.41) is 2.92. The lowest BCUT2D eigenvalue weighted by atomic mass is 10.0. The third-order valence-electron chi connectivity index (χ3n) is 2.73. The lowest BCUT2D eigenvalue weighted by Gasteiger charge is -2.33. The van der Waals surface area contributed by atoms with Crippen LogP contribution >= 0.6 is 0 Å². The highest BCUT2D eigenvalue weighted by molar-refractivity contribution is 5.67. The van der Waals surface area contributed by atoms with Crippen LogP contribution in [0.1, 0.15) is 33.6 Å². The molecule has 1 heterocycles. The van der Waals surface area contributed by atoms with E-state index < -0.39 is 0 Å². The van der Waals surface area contributed by atoms with Crippen molar-refractivity contribution in [2.45, 2.75) is 39.7 Å². The molecule has 0 spiro atoms. The lowest BCUT2D eigenvalue weighted by Crippen LogP contribution is -2.48. The van der Waals surface area contributed by atoms with Gasteiger partial charge in [0.05, 0.1) is 6.61 Å². The Bertz CT molecular complexity index is 219. The monoisotopic (exact) mass is 228 g/mol. The topological polar surface area (TPSA) is 41.6 Å². The van der Waals surface area contributed by atoms with Gasteiger partial charge in [-0.15, -0.1) is 0 Å². The van der Waals surface area contributed by atoms with Crippen LogP contribution in [-0.2, 0) is 4.74 Å². The molecule has 1 N–H and O–H groups in total. The molecular formula is C12H24N2O2. The van der Waals surface area contributed by atoms with Gasteiger partial charge in [-0.05, 0) is 32.2 Å². The number of likely N-dealkylation sites (tertiary alicyclic amines) is 1. The normalized spacial score (nSPS) is 22.1. The molecule has 0 radical (unpaired) electrons. The average molecular weight is 228 g/mol. The quantitative estimate of drug-likeness (QED) is 0.798. The van der Waals surface area contributed by atoms with E-state index in [2.05, 4.69) is 24.1 Å². The fourth-order valence-corrected chi connectivity index (χ4v) is 2.20. The Morgan fingerprint density at radius 2 is 2.31 bits per heavy atom.